The highest BCUT2D eigenvalue weighted by Gasteiger charge is 2.22. The van der Waals surface area contributed by atoms with Crippen LogP contribution in [0.3, 0.4) is 0 Å². The van der Waals surface area contributed by atoms with Crippen molar-refractivity contribution < 1.29 is 9.32 Å². The average molecular weight is 296 g/mol. The van der Waals surface area contributed by atoms with Crippen molar-refractivity contribution in [2.75, 3.05) is 5.75 Å². The molecule has 1 aliphatic carbocycles. The fourth-order valence-corrected chi connectivity index (χ4v) is 3.72. The first-order valence-electron chi connectivity index (χ1n) is 7.36. The molecular weight excluding hydrogens is 272 g/mol. The van der Waals surface area contributed by atoms with E-state index in [1.165, 1.54) is 19.3 Å². The molecule has 0 saturated heterocycles. The first-order chi connectivity index (χ1) is 9.58. The summed E-state index contributed by atoms with van der Waals surface area (Å²) in [5.74, 6) is 2.92. The van der Waals surface area contributed by atoms with Crippen LogP contribution < -0.4 is 5.32 Å². The molecule has 1 fully saturated rings. The smallest absolute Gasteiger partial charge is 0.230 e. The lowest BCUT2D eigenvalue weighted by molar-refractivity contribution is -0.119. The SMILES string of the molecule is Cc1noc(C)c1CSCC(=O)NC1CCCCC1C. The molecule has 1 aromatic heterocycles. The van der Waals surface area contributed by atoms with Gasteiger partial charge in [-0.3, -0.25) is 4.79 Å². The van der Waals surface area contributed by atoms with E-state index in [1.54, 1.807) is 11.8 Å². The fraction of sp³-hybridized carbons (Fsp3) is 0.733. The molecule has 1 N–H and O–H groups in total. The predicted molar refractivity (Wildman–Crippen MR) is 81.7 cm³/mol. The topological polar surface area (TPSA) is 55.1 Å². The Balaban J connectivity index is 1.72. The van der Waals surface area contributed by atoms with Crippen LogP contribution in [0.2, 0.25) is 0 Å². The summed E-state index contributed by atoms with van der Waals surface area (Å²) in [6.07, 6.45) is 4.90. The Morgan fingerprint density at radius 2 is 2.15 bits per heavy atom. The minimum absolute atomic E-state index is 0.153. The largest absolute Gasteiger partial charge is 0.361 e. The molecule has 0 aromatic carbocycles. The predicted octanol–water partition coefficient (Wildman–Crippen LogP) is 3.22. The molecule has 20 heavy (non-hydrogen) atoms. The molecule has 2 unspecified atom stereocenters. The van der Waals surface area contributed by atoms with Crippen LogP contribution in [0, 0.1) is 19.8 Å². The van der Waals surface area contributed by atoms with E-state index in [0.29, 0.717) is 17.7 Å². The van der Waals surface area contributed by atoms with E-state index in [9.17, 15) is 4.79 Å². The lowest BCUT2D eigenvalue weighted by Crippen LogP contribution is -2.41. The van der Waals surface area contributed by atoms with Gasteiger partial charge in [0.2, 0.25) is 5.91 Å². The third-order valence-electron chi connectivity index (χ3n) is 4.12. The molecule has 0 radical (unpaired) electrons. The van der Waals surface area contributed by atoms with Crippen LogP contribution in [0.1, 0.15) is 49.6 Å². The third-order valence-corrected chi connectivity index (χ3v) is 5.08. The molecule has 1 saturated carbocycles. The minimum Gasteiger partial charge on any atom is -0.361 e. The van der Waals surface area contributed by atoms with Gasteiger partial charge in [0.05, 0.1) is 11.4 Å². The number of nitrogens with zero attached hydrogens (tertiary/aromatic N) is 1. The summed E-state index contributed by atoms with van der Waals surface area (Å²) in [4.78, 5) is 12.0. The number of rotatable bonds is 5. The Labute approximate surface area is 125 Å². The molecule has 1 amide bonds. The van der Waals surface area contributed by atoms with E-state index >= 15 is 0 Å². The molecule has 1 aliphatic rings. The zero-order valence-electron chi connectivity index (χ0n) is 12.6. The van der Waals surface area contributed by atoms with Crippen molar-refractivity contribution in [3.63, 3.8) is 0 Å². The highest BCUT2D eigenvalue weighted by atomic mass is 32.2. The lowest BCUT2D eigenvalue weighted by atomic mass is 9.86. The first-order valence-corrected chi connectivity index (χ1v) is 8.52. The standard InChI is InChI=1S/C15H24N2O2S/c1-10-6-4-5-7-14(10)16-15(18)9-20-8-13-11(2)17-19-12(13)3/h10,14H,4-9H2,1-3H3,(H,16,18). The van der Waals surface area contributed by atoms with Gasteiger partial charge in [-0.1, -0.05) is 24.9 Å². The summed E-state index contributed by atoms with van der Waals surface area (Å²) in [6.45, 7) is 6.09. The van der Waals surface area contributed by atoms with Crippen molar-refractivity contribution in [2.45, 2.75) is 58.2 Å². The van der Waals surface area contributed by atoms with Gasteiger partial charge < -0.3 is 9.84 Å². The monoisotopic (exact) mass is 296 g/mol. The molecule has 4 nitrogen and oxygen atoms in total. The van der Waals surface area contributed by atoms with Gasteiger partial charge in [0.15, 0.2) is 0 Å². The number of thioether (sulfide) groups is 1. The van der Waals surface area contributed by atoms with Crippen molar-refractivity contribution in [1.82, 2.24) is 10.5 Å². The van der Waals surface area contributed by atoms with Crippen molar-refractivity contribution in [2.24, 2.45) is 5.92 Å². The Bertz CT molecular complexity index is 439. The normalized spacial score (nSPS) is 22.8. The first kappa shape index (κ1) is 15.4. The summed E-state index contributed by atoms with van der Waals surface area (Å²) >= 11 is 1.63. The number of carbonyl (C=O) groups is 1. The number of carbonyl (C=O) groups excluding carboxylic acids is 1. The molecule has 2 rings (SSSR count). The molecule has 1 aromatic rings. The maximum atomic E-state index is 12.0. The Morgan fingerprint density at radius 1 is 1.40 bits per heavy atom. The second-order valence-corrected chi connectivity index (χ2v) is 6.72. The molecule has 0 spiro atoms. The van der Waals surface area contributed by atoms with Gasteiger partial charge in [0.25, 0.3) is 0 Å². The molecule has 0 aliphatic heterocycles. The van der Waals surface area contributed by atoms with Crippen molar-refractivity contribution in [3.05, 3.63) is 17.0 Å². The quantitative estimate of drug-likeness (QED) is 0.906. The van der Waals surface area contributed by atoms with Crippen LogP contribution in [0.5, 0.6) is 0 Å². The van der Waals surface area contributed by atoms with E-state index in [2.05, 4.69) is 17.4 Å². The number of nitrogens with one attached hydrogen (secondary N) is 1. The van der Waals surface area contributed by atoms with Gasteiger partial charge in [-0.05, 0) is 32.6 Å². The molecule has 2 atom stereocenters. The average Bonchev–Trinajstić information content (AvgIpc) is 2.73. The van der Waals surface area contributed by atoms with E-state index < -0.39 is 0 Å². The van der Waals surface area contributed by atoms with E-state index in [0.717, 1.165) is 29.2 Å². The maximum Gasteiger partial charge on any atom is 0.230 e. The molecular formula is C15H24N2O2S. The Hall–Kier alpha value is -0.970. The molecule has 1 heterocycles. The van der Waals surface area contributed by atoms with Crippen LogP contribution in [-0.4, -0.2) is 22.9 Å². The Kier molecular flexibility index (Phi) is 5.52. The van der Waals surface area contributed by atoms with Gasteiger partial charge >= 0.3 is 0 Å². The summed E-state index contributed by atoms with van der Waals surface area (Å²) in [5.41, 5.74) is 2.05. The maximum absolute atomic E-state index is 12.0. The van der Waals surface area contributed by atoms with Crippen molar-refractivity contribution in [1.29, 1.82) is 0 Å². The van der Waals surface area contributed by atoms with Crippen molar-refractivity contribution in [3.8, 4) is 0 Å². The summed E-state index contributed by atoms with van der Waals surface area (Å²) in [7, 11) is 0. The van der Waals surface area contributed by atoms with E-state index in [1.807, 2.05) is 13.8 Å². The summed E-state index contributed by atoms with van der Waals surface area (Å²) < 4.78 is 5.12. The van der Waals surface area contributed by atoms with Gasteiger partial charge in [-0.2, -0.15) is 0 Å². The van der Waals surface area contributed by atoms with Gasteiger partial charge in [-0.25, -0.2) is 0 Å². The van der Waals surface area contributed by atoms with Gasteiger partial charge in [-0.15, -0.1) is 11.8 Å². The summed E-state index contributed by atoms with van der Waals surface area (Å²) in [6, 6.07) is 0.371. The fourth-order valence-electron chi connectivity index (χ4n) is 2.73. The number of hydrogen-bond donors (Lipinski definition) is 1. The third kappa shape index (κ3) is 4.01. The minimum atomic E-state index is 0.153. The Morgan fingerprint density at radius 3 is 2.80 bits per heavy atom. The van der Waals surface area contributed by atoms with Crippen LogP contribution in [-0.2, 0) is 10.5 Å². The van der Waals surface area contributed by atoms with Crippen LogP contribution in [0.25, 0.3) is 0 Å². The highest BCUT2D eigenvalue weighted by Crippen LogP contribution is 2.24. The molecule has 5 heteroatoms. The lowest BCUT2D eigenvalue weighted by Gasteiger charge is -2.29. The van der Waals surface area contributed by atoms with Crippen LogP contribution in [0.4, 0.5) is 0 Å². The van der Waals surface area contributed by atoms with Gasteiger partial charge in [0, 0.05) is 17.4 Å². The van der Waals surface area contributed by atoms with Gasteiger partial charge in [0.1, 0.15) is 5.76 Å². The number of aromatic nitrogens is 1. The second kappa shape index (κ2) is 7.16. The highest BCUT2D eigenvalue weighted by molar-refractivity contribution is 7.99. The van der Waals surface area contributed by atoms with E-state index in [-0.39, 0.29) is 5.91 Å². The zero-order valence-corrected chi connectivity index (χ0v) is 13.4. The number of amides is 1. The number of aryl methyl sites for hydroxylation is 2. The number of hydrogen-bond acceptors (Lipinski definition) is 4. The van der Waals surface area contributed by atoms with Crippen LogP contribution in [0.15, 0.2) is 4.52 Å². The van der Waals surface area contributed by atoms with Crippen molar-refractivity contribution >= 4 is 17.7 Å². The molecule has 112 valence electrons. The van der Waals surface area contributed by atoms with E-state index in [4.69, 9.17) is 4.52 Å². The summed E-state index contributed by atoms with van der Waals surface area (Å²) in [5, 5.41) is 7.11. The zero-order chi connectivity index (χ0) is 14.5. The second-order valence-electron chi connectivity index (χ2n) is 5.73. The van der Waals surface area contributed by atoms with Crippen LogP contribution >= 0.6 is 11.8 Å². The molecule has 0 bridgehead atoms.